The Bertz CT molecular complexity index is 381. The van der Waals surface area contributed by atoms with Gasteiger partial charge in [-0.1, -0.05) is 19.4 Å². The highest BCUT2D eigenvalue weighted by molar-refractivity contribution is 5.91. The van der Waals surface area contributed by atoms with Gasteiger partial charge in [0.05, 0.1) is 18.8 Å². The Labute approximate surface area is 118 Å². The molecule has 114 valence electrons. The second-order valence-electron chi connectivity index (χ2n) is 4.19. The molecule has 20 heavy (non-hydrogen) atoms. The average molecular weight is 286 g/mol. The molecule has 0 amide bonds. The van der Waals surface area contributed by atoms with Gasteiger partial charge in [-0.15, -0.1) is 0 Å². The van der Waals surface area contributed by atoms with Crippen LogP contribution < -0.4 is 0 Å². The van der Waals surface area contributed by atoms with Crippen molar-refractivity contribution in [1.29, 1.82) is 0 Å². The fourth-order valence-corrected chi connectivity index (χ4v) is 1.13. The van der Waals surface area contributed by atoms with Gasteiger partial charge >= 0.3 is 11.9 Å². The van der Waals surface area contributed by atoms with Crippen LogP contribution in [0.25, 0.3) is 0 Å². The highest BCUT2D eigenvalue weighted by Gasteiger charge is 2.11. The number of hydrogen-bond donors (Lipinski definition) is 2. The minimum atomic E-state index is -1.20. The Morgan fingerprint density at radius 2 is 1.90 bits per heavy atom. The highest BCUT2D eigenvalue weighted by Crippen LogP contribution is 2.04. The van der Waals surface area contributed by atoms with Crippen LogP contribution in [-0.4, -0.2) is 41.7 Å². The van der Waals surface area contributed by atoms with E-state index in [2.05, 4.69) is 4.74 Å². The first-order chi connectivity index (χ1) is 9.42. The van der Waals surface area contributed by atoms with Crippen molar-refractivity contribution in [3.05, 3.63) is 23.3 Å². The van der Waals surface area contributed by atoms with Gasteiger partial charge in [0.1, 0.15) is 0 Å². The monoisotopic (exact) mass is 286 g/mol. The van der Waals surface area contributed by atoms with E-state index in [-0.39, 0.29) is 11.1 Å². The predicted octanol–water partition coefficient (Wildman–Crippen LogP) is 1.08. The highest BCUT2D eigenvalue weighted by atomic mass is 16.6. The summed E-state index contributed by atoms with van der Waals surface area (Å²) in [4.78, 5) is 22.9. The molecule has 0 fully saturated rings. The van der Waals surface area contributed by atoms with Crippen molar-refractivity contribution in [3.63, 3.8) is 0 Å². The molecule has 6 nitrogen and oxygen atoms in total. The Kier molecular flexibility index (Phi) is 9.32. The molecule has 0 aromatic heterocycles. The topological polar surface area (TPSA) is 93.1 Å². The summed E-state index contributed by atoms with van der Waals surface area (Å²) in [6.07, 6.45) is 3.08. The molecule has 0 radical (unpaired) electrons. The number of carbonyl (C=O) groups is 2. The molecular formula is C14H22O6. The summed E-state index contributed by atoms with van der Waals surface area (Å²) >= 11 is 0. The van der Waals surface area contributed by atoms with E-state index in [1.807, 2.05) is 6.92 Å². The van der Waals surface area contributed by atoms with Crippen molar-refractivity contribution < 1.29 is 29.3 Å². The third-order valence-electron chi connectivity index (χ3n) is 2.30. The third kappa shape index (κ3) is 7.70. The van der Waals surface area contributed by atoms with Crippen molar-refractivity contribution in [2.75, 3.05) is 13.2 Å². The summed E-state index contributed by atoms with van der Waals surface area (Å²) in [5.74, 6) is -1.32. The van der Waals surface area contributed by atoms with E-state index in [4.69, 9.17) is 14.9 Å². The molecule has 0 bridgehead atoms. The van der Waals surface area contributed by atoms with Gasteiger partial charge in [-0.2, -0.15) is 0 Å². The summed E-state index contributed by atoms with van der Waals surface area (Å²) < 4.78 is 9.50. The van der Waals surface area contributed by atoms with E-state index in [0.29, 0.717) is 6.61 Å². The van der Waals surface area contributed by atoms with Crippen LogP contribution >= 0.6 is 0 Å². The first-order valence-electron chi connectivity index (χ1n) is 6.46. The van der Waals surface area contributed by atoms with E-state index >= 15 is 0 Å². The van der Waals surface area contributed by atoms with Crippen LogP contribution in [-0.2, 0) is 19.1 Å². The number of unbranched alkanes of at least 4 members (excludes halogenated alkanes) is 1. The number of esters is 2. The van der Waals surface area contributed by atoms with Gasteiger partial charge in [-0.3, -0.25) is 0 Å². The van der Waals surface area contributed by atoms with Crippen molar-refractivity contribution >= 4 is 11.9 Å². The quantitative estimate of drug-likeness (QED) is 0.228. The van der Waals surface area contributed by atoms with Gasteiger partial charge in [-0.25, -0.2) is 9.59 Å². The zero-order valence-corrected chi connectivity index (χ0v) is 12.1. The van der Waals surface area contributed by atoms with Crippen LogP contribution in [0.4, 0.5) is 0 Å². The van der Waals surface area contributed by atoms with Gasteiger partial charge in [0.2, 0.25) is 0 Å². The Morgan fingerprint density at radius 1 is 1.25 bits per heavy atom. The molecule has 2 N–H and O–H groups in total. The lowest BCUT2D eigenvalue weighted by atomic mass is 10.2. The van der Waals surface area contributed by atoms with E-state index in [9.17, 15) is 9.59 Å². The summed E-state index contributed by atoms with van der Waals surface area (Å²) in [5.41, 5.74) is 0.239. The normalized spacial score (nSPS) is 13.8. The molecule has 0 aromatic carbocycles. The molecule has 0 aliphatic carbocycles. The smallest absolute Gasteiger partial charge is 0.336 e. The van der Waals surface area contributed by atoms with E-state index in [0.717, 1.165) is 12.8 Å². The van der Waals surface area contributed by atoms with Gasteiger partial charge in [-0.05, 0) is 26.3 Å². The Balaban J connectivity index is 4.63. The number of rotatable bonds is 8. The van der Waals surface area contributed by atoms with Gasteiger partial charge in [0.15, 0.2) is 6.29 Å². The molecule has 6 heteroatoms. The van der Waals surface area contributed by atoms with Crippen molar-refractivity contribution in [3.8, 4) is 0 Å². The summed E-state index contributed by atoms with van der Waals surface area (Å²) in [6.45, 7) is 4.56. The molecule has 0 aliphatic rings. The van der Waals surface area contributed by atoms with E-state index in [1.165, 1.54) is 26.0 Å². The van der Waals surface area contributed by atoms with Crippen LogP contribution in [0.1, 0.15) is 33.6 Å². The van der Waals surface area contributed by atoms with Crippen LogP contribution in [0.15, 0.2) is 23.3 Å². The second kappa shape index (κ2) is 10.2. The molecule has 0 aromatic rings. The van der Waals surface area contributed by atoms with E-state index < -0.39 is 24.8 Å². The van der Waals surface area contributed by atoms with Crippen LogP contribution in [0, 0.1) is 0 Å². The van der Waals surface area contributed by atoms with Crippen LogP contribution in [0.5, 0.6) is 0 Å². The third-order valence-corrected chi connectivity index (χ3v) is 2.30. The molecular weight excluding hydrogens is 264 g/mol. The standard InChI is InChI=1S/C14H22O6/c1-4-5-8-19-14(18)12(9-15)7-6-10(2)13(17)20-11(3)16/h6-7,11,15-16H,4-5,8-9H2,1-3H3/b10-6+,12-7+. The summed E-state index contributed by atoms with van der Waals surface area (Å²) in [5, 5.41) is 18.0. The SMILES string of the molecule is CCCCOC(=O)/C(=C/C=C(\C)C(=O)OC(C)O)CO. The fraction of sp³-hybridized carbons (Fsp3) is 0.571. The number of allylic oxidation sites excluding steroid dienone is 2. The van der Waals surface area contributed by atoms with Gasteiger partial charge < -0.3 is 19.7 Å². The van der Waals surface area contributed by atoms with E-state index in [1.54, 1.807) is 0 Å². The Morgan fingerprint density at radius 3 is 2.40 bits per heavy atom. The maximum absolute atomic E-state index is 11.6. The first-order valence-corrected chi connectivity index (χ1v) is 6.46. The number of aliphatic hydroxyl groups is 2. The average Bonchev–Trinajstić information content (AvgIpc) is 2.38. The first kappa shape index (κ1) is 18.3. The van der Waals surface area contributed by atoms with Crippen molar-refractivity contribution in [2.45, 2.75) is 39.9 Å². The maximum Gasteiger partial charge on any atom is 0.336 e. The Hall–Kier alpha value is -1.66. The molecule has 0 saturated carbocycles. The molecule has 0 heterocycles. The molecule has 0 spiro atoms. The van der Waals surface area contributed by atoms with Gasteiger partial charge in [0.25, 0.3) is 0 Å². The van der Waals surface area contributed by atoms with Crippen molar-refractivity contribution in [2.24, 2.45) is 0 Å². The number of carbonyl (C=O) groups excluding carboxylic acids is 2. The molecule has 1 atom stereocenters. The fourth-order valence-electron chi connectivity index (χ4n) is 1.13. The summed E-state index contributed by atoms with van der Waals surface area (Å²) in [7, 11) is 0. The summed E-state index contributed by atoms with van der Waals surface area (Å²) in [6, 6.07) is 0. The van der Waals surface area contributed by atoms with Crippen LogP contribution in [0.2, 0.25) is 0 Å². The maximum atomic E-state index is 11.6. The second-order valence-corrected chi connectivity index (χ2v) is 4.19. The largest absolute Gasteiger partial charge is 0.462 e. The van der Waals surface area contributed by atoms with Crippen LogP contribution in [0.3, 0.4) is 0 Å². The zero-order valence-electron chi connectivity index (χ0n) is 12.1. The predicted molar refractivity (Wildman–Crippen MR) is 72.6 cm³/mol. The molecule has 0 saturated heterocycles. The molecule has 0 aliphatic heterocycles. The lowest BCUT2D eigenvalue weighted by molar-refractivity contribution is -0.159. The lowest BCUT2D eigenvalue weighted by Gasteiger charge is -2.07. The lowest BCUT2D eigenvalue weighted by Crippen LogP contribution is -2.14. The van der Waals surface area contributed by atoms with Gasteiger partial charge in [0, 0.05) is 5.57 Å². The minimum Gasteiger partial charge on any atom is -0.462 e. The number of aliphatic hydroxyl groups excluding tert-OH is 2. The van der Waals surface area contributed by atoms with Crippen molar-refractivity contribution in [1.82, 2.24) is 0 Å². The molecule has 1 unspecified atom stereocenters. The molecule has 0 rings (SSSR count). The number of ether oxygens (including phenoxy) is 2. The minimum absolute atomic E-state index is 0.0466. The number of hydrogen-bond acceptors (Lipinski definition) is 6. The zero-order chi connectivity index (χ0) is 15.5.